The monoisotopic (exact) mass is 396 g/mol. The maximum absolute atomic E-state index is 2.43. The summed E-state index contributed by atoms with van der Waals surface area (Å²) in [4.78, 5) is 0. The smallest absolute Gasteiger partial charge is 0.198 e. The van der Waals surface area contributed by atoms with Crippen LogP contribution in [-0.2, 0) is 7.05 Å². The average molecular weight is 397 g/mol. The molecule has 0 saturated heterocycles. The Morgan fingerprint density at radius 3 is 2.14 bits per heavy atom. The number of nitrogens with zero attached hydrogens (tertiary/aromatic N) is 1. The van der Waals surface area contributed by atoms with E-state index >= 15 is 0 Å². The fourth-order valence-corrected chi connectivity index (χ4v) is 5.23. The standard InChI is InChI=1S/C27H30NSi/c1-19-12-13-22(21-10-8-7-9-11-21)18-26(19)27-25-15-14-24(29(4,5)6)17-23(25)16-20(2)28(27)3/h7-18H,1-6H3/q+1. The Morgan fingerprint density at radius 1 is 0.724 bits per heavy atom. The van der Waals surface area contributed by atoms with Crippen molar-refractivity contribution in [3.05, 3.63) is 84.1 Å². The van der Waals surface area contributed by atoms with Crippen molar-refractivity contribution in [2.24, 2.45) is 7.05 Å². The van der Waals surface area contributed by atoms with Gasteiger partial charge in [-0.15, -0.1) is 0 Å². The normalized spacial score (nSPS) is 11.8. The molecular weight excluding hydrogens is 366 g/mol. The maximum Gasteiger partial charge on any atom is 0.220 e. The van der Waals surface area contributed by atoms with Gasteiger partial charge >= 0.3 is 0 Å². The minimum Gasteiger partial charge on any atom is -0.198 e. The van der Waals surface area contributed by atoms with Crippen LogP contribution in [0.1, 0.15) is 11.3 Å². The zero-order valence-electron chi connectivity index (χ0n) is 18.4. The predicted octanol–water partition coefficient (Wildman–Crippen LogP) is 6.16. The van der Waals surface area contributed by atoms with E-state index in [2.05, 4.69) is 118 Å². The average Bonchev–Trinajstić information content (AvgIpc) is 2.69. The summed E-state index contributed by atoms with van der Waals surface area (Å²) in [6.45, 7) is 11.7. The van der Waals surface area contributed by atoms with Crippen molar-refractivity contribution >= 4 is 24.0 Å². The van der Waals surface area contributed by atoms with E-state index < -0.39 is 8.07 Å². The van der Waals surface area contributed by atoms with E-state index in [0.29, 0.717) is 0 Å². The van der Waals surface area contributed by atoms with Gasteiger partial charge in [0.1, 0.15) is 7.05 Å². The molecule has 4 rings (SSSR count). The summed E-state index contributed by atoms with van der Waals surface area (Å²) >= 11 is 0. The first-order chi connectivity index (χ1) is 13.8. The van der Waals surface area contributed by atoms with Crippen LogP contribution >= 0.6 is 0 Å². The van der Waals surface area contributed by atoms with Gasteiger partial charge in [0.15, 0.2) is 5.69 Å². The van der Waals surface area contributed by atoms with Crippen molar-refractivity contribution in [2.45, 2.75) is 33.5 Å². The number of fused-ring (bicyclic) bond motifs is 1. The van der Waals surface area contributed by atoms with Crippen LogP contribution in [0.5, 0.6) is 0 Å². The Hall–Kier alpha value is -2.71. The number of aryl methyl sites for hydroxylation is 2. The van der Waals surface area contributed by atoms with Crippen LogP contribution in [0.25, 0.3) is 33.2 Å². The van der Waals surface area contributed by atoms with Crippen molar-refractivity contribution in [2.75, 3.05) is 0 Å². The molecule has 0 aliphatic heterocycles. The van der Waals surface area contributed by atoms with Gasteiger partial charge in [0, 0.05) is 13.0 Å². The molecule has 0 radical (unpaired) electrons. The summed E-state index contributed by atoms with van der Waals surface area (Å²) in [5.74, 6) is 0. The predicted molar refractivity (Wildman–Crippen MR) is 128 cm³/mol. The van der Waals surface area contributed by atoms with E-state index in [1.54, 1.807) is 0 Å². The third-order valence-corrected chi connectivity index (χ3v) is 8.04. The lowest BCUT2D eigenvalue weighted by Crippen LogP contribution is -2.38. The van der Waals surface area contributed by atoms with Crippen molar-refractivity contribution < 1.29 is 4.57 Å². The Bertz CT molecular complexity index is 1200. The molecule has 0 aliphatic rings. The second-order valence-electron chi connectivity index (χ2n) is 9.14. The van der Waals surface area contributed by atoms with Gasteiger partial charge in [0.2, 0.25) is 5.69 Å². The number of rotatable bonds is 3. The minimum absolute atomic E-state index is 1.26. The van der Waals surface area contributed by atoms with E-state index in [1.807, 2.05) is 0 Å². The zero-order chi connectivity index (χ0) is 20.8. The third kappa shape index (κ3) is 3.65. The molecule has 0 aliphatic carbocycles. The molecule has 0 unspecified atom stereocenters. The van der Waals surface area contributed by atoms with Crippen molar-refractivity contribution in [3.63, 3.8) is 0 Å². The molecule has 0 spiro atoms. The number of benzene rings is 3. The van der Waals surface area contributed by atoms with Crippen molar-refractivity contribution in [3.8, 4) is 22.4 Å². The third-order valence-electron chi connectivity index (χ3n) is 6.00. The van der Waals surface area contributed by atoms with Crippen LogP contribution in [-0.4, -0.2) is 8.07 Å². The summed E-state index contributed by atoms with van der Waals surface area (Å²) < 4.78 is 2.34. The Labute approximate surface area is 175 Å². The minimum atomic E-state index is -1.35. The molecular formula is C27H30NSi+. The number of pyridine rings is 1. The van der Waals surface area contributed by atoms with Gasteiger partial charge in [0.25, 0.3) is 0 Å². The topological polar surface area (TPSA) is 3.88 Å². The molecule has 1 nitrogen and oxygen atoms in total. The quantitative estimate of drug-likeness (QED) is 0.288. The van der Waals surface area contributed by atoms with E-state index in [9.17, 15) is 0 Å². The fourth-order valence-electron chi connectivity index (χ4n) is 4.06. The van der Waals surface area contributed by atoms with Crippen LogP contribution in [0.4, 0.5) is 0 Å². The van der Waals surface area contributed by atoms with Gasteiger partial charge < -0.3 is 0 Å². The molecule has 1 aromatic heterocycles. The maximum atomic E-state index is 2.43. The van der Waals surface area contributed by atoms with E-state index in [1.165, 1.54) is 49.6 Å². The second kappa shape index (κ2) is 7.27. The summed E-state index contributed by atoms with van der Waals surface area (Å²) in [5.41, 5.74) is 7.72. The molecule has 0 saturated carbocycles. The highest BCUT2D eigenvalue weighted by atomic mass is 28.3. The van der Waals surface area contributed by atoms with Gasteiger partial charge in [-0.25, -0.2) is 0 Å². The van der Waals surface area contributed by atoms with Gasteiger partial charge in [-0.2, -0.15) is 4.57 Å². The Balaban J connectivity index is 2.00. The van der Waals surface area contributed by atoms with Gasteiger partial charge in [0.05, 0.1) is 19.0 Å². The highest BCUT2D eigenvalue weighted by Gasteiger charge is 2.22. The Morgan fingerprint density at radius 2 is 1.45 bits per heavy atom. The first kappa shape index (κ1) is 19.6. The molecule has 0 bridgehead atoms. The van der Waals surface area contributed by atoms with Crippen LogP contribution in [0.15, 0.2) is 72.8 Å². The summed E-state index contributed by atoms with van der Waals surface area (Å²) in [5, 5.41) is 4.19. The molecule has 146 valence electrons. The molecule has 0 atom stereocenters. The second-order valence-corrected chi connectivity index (χ2v) is 14.2. The van der Waals surface area contributed by atoms with Crippen LogP contribution in [0.3, 0.4) is 0 Å². The van der Waals surface area contributed by atoms with Crippen molar-refractivity contribution in [1.29, 1.82) is 0 Å². The molecule has 2 heteroatoms. The zero-order valence-corrected chi connectivity index (χ0v) is 19.4. The summed E-state index contributed by atoms with van der Waals surface area (Å²) in [6.07, 6.45) is 0. The van der Waals surface area contributed by atoms with Crippen LogP contribution in [0.2, 0.25) is 19.6 Å². The molecule has 0 N–H and O–H groups in total. The molecule has 1 heterocycles. The van der Waals surface area contributed by atoms with E-state index in [-0.39, 0.29) is 0 Å². The first-order valence-electron chi connectivity index (χ1n) is 10.4. The van der Waals surface area contributed by atoms with Gasteiger partial charge in [-0.1, -0.05) is 79.4 Å². The molecule has 4 aromatic rings. The highest BCUT2D eigenvalue weighted by molar-refractivity contribution is 6.88. The van der Waals surface area contributed by atoms with Gasteiger partial charge in [-0.3, -0.25) is 0 Å². The Kier molecular flexibility index (Phi) is 4.91. The fraction of sp³-hybridized carbons (Fsp3) is 0.222. The number of aromatic nitrogens is 1. The van der Waals surface area contributed by atoms with E-state index in [4.69, 9.17) is 0 Å². The molecule has 0 fully saturated rings. The lowest BCUT2D eigenvalue weighted by Gasteiger charge is -2.18. The van der Waals surface area contributed by atoms with E-state index in [0.717, 1.165) is 0 Å². The first-order valence-corrected chi connectivity index (χ1v) is 13.9. The lowest BCUT2D eigenvalue weighted by molar-refractivity contribution is -0.665. The molecule has 3 aromatic carbocycles. The van der Waals surface area contributed by atoms with Crippen molar-refractivity contribution in [1.82, 2.24) is 0 Å². The summed E-state index contributed by atoms with van der Waals surface area (Å²) in [7, 11) is 0.837. The molecule has 0 amide bonds. The largest absolute Gasteiger partial charge is 0.220 e. The molecule has 29 heavy (non-hydrogen) atoms. The lowest BCUT2D eigenvalue weighted by atomic mass is 9.94. The SMILES string of the molecule is Cc1ccc(-c2ccccc2)cc1-c1c2ccc([Si](C)(C)C)cc2cc(C)[n+]1C. The summed E-state index contributed by atoms with van der Waals surface area (Å²) in [6, 6.07) is 26.9. The van der Waals surface area contributed by atoms with Crippen LogP contribution < -0.4 is 9.75 Å². The number of hydrogen-bond acceptors (Lipinski definition) is 0. The van der Waals surface area contributed by atoms with Crippen LogP contribution in [0, 0.1) is 13.8 Å². The number of hydrogen-bond donors (Lipinski definition) is 0. The van der Waals surface area contributed by atoms with Gasteiger partial charge in [-0.05, 0) is 41.1 Å². The highest BCUT2D eigenvalue weighted by Crippen LogP contribution is 2.32.